The van der Waals surface area contributed by atoms with E-state index in [0.717, 1.165) is 29.9 Å². The number of benzene rings is 1. The van der Waals surface area contributed by atoms with E-state index < -0.39 is 0 Å². The van der Waals surface area contributed by atoms with Crippen molar-refractivity contribution in [1.29, 1.82) is 0 Å². The third-order valence-electron chi connectivity index (χ3n) is 6.30. The monoisotopic (exact) mass is 427 g/mol. The molecule has 1 aromatic carbocycles. The van der Waals surface area contributed by atoms with Gasteiger partial charge in [0.05, 0.1) is 30.3 Å². The fourth-order valence-electron chi connectivity index (χ4n) is 4.63. The third kappa shape index (κ3) is 3.49. The first-order valence-corrected chi connectivity index (χ1v) is 10.9. The summed E-state index contributed by atoms with van der Waals surface area (Å²) in [6.07, 6.45) is 8.76. The predicted molar refractivity (Wildman–Crippen MR) is 121 cm³/mol. The SMILES string of the molecule is CCOc1cccn2cc(C3(c4ccccc4)CCN(C(=O)c4ccnnc4)CC3)nc12. The van der Waals surface area contributed by atoms with Gasteiger partial charge in [0.25, 0.3) is 5.91 Å². The molecule has 1 fully saturated rings. The number of hydrogen-bond donors (Lipinski definition) is 0. The Kier molecular flexibility index (Phi) is 5.31. The lowest BCUT2D eigenvalue weighted by molar-refractivity contribution is 0.0683. The van der Waals surface area contributed by atoms with Crippen LogP contribution < -0.4 is 4.74 Å². The molecule has 0 atom stereocenters. The molecule has 1 aliphatic rings. The summed E-state index contributed by atoms with van der Waals surface area (Å²) in [5.74, 6) is 0.775. The van der Waals surface area contributed by atoms with Crippen LogP contribution in [0.1, 0.15) is 41.4 Å². The van der Waals surface area contributed by atoms with Gasteiger partial charge in [0.1, 0.15) is 0 Å². The quantitative estimate of drug-likeness (QED) is 0.485. The fourth-order valence-corrected chi connectivity index (χ4v) is 4.63. The minimum Gasteiger partial charge on any atom is -0.490 e. The number of amides is 1. The van der Waals surface area contributed by atoms with Crippen LogP contribution in [-0.4, -0.2) is 50.1 Å². The van der Waals surface area contributed by atoms with Gasteiger partial charge in [-0.3, -0.25) is 4.79 Å². The highest BCUT2D eigenvalue weighted by Gasteiger charge is 2.41. The zero-order valence-corrected chi connectivity index (χ0v) is 18.0. The van der Waals surface area contributed by atoms with Crippen LogP contribution in [0, 0.1) is 0 Å². The number of piperidine rings is 1. The van der Waals surface area contributed by atoms with E-state index >= 15 is 0 Å². The van der Waals surface area contributed by atoms with Gasteiger partial charge in [-0.15, -0.1) is 0 Å². The molecule has 162 valence electrons. The number of carbonyl (C=O) groups excluding carboxylic acids is 1. The number of rotatable bonds is 5. The van der Waals surface area contributed by atoms with Gasteiger partial charge in [0.2, 0.25) is 0 Å². The van der Waals surface area contributed by atoms with E-state index in [-0.39, 0.29) is 11.3 Å². The number of hydrogen-bond acceptors (Lipinski definition) is 5. The van der Waals surface area contributed by atoms with E-state index in [1.165, 1.54) is 11.8 Å². The Balaban J connectivity index is 1.51. The molecule has 7 nitrogen and oxygen atoms in total. The van der Waals surface area contributed by atoms with Crippen molar-refractivity contribution in [3.05, 3.63) is 90.1 Å². The van der Waals surface area contributed by atoms with Gasteiger partial charge in [0, 0.05) is 30.9 Å². The average molecular weight is 428 g/mol. The first-order chi connectivity index (χ1) is 15.7. The number of ether oxygens (including phenoxy) is 1. The summed E-state index contributed by atoms with van der Waals surface area (Å²) in [4.78, 5) is 19.9. The van der Waals surface area contributed by atoms with Crippen LogP contribution in [0.25, 0.3) is 5.65 Å². The number of fused-ring (bicyclic) bond motifs is 1. The molecule has 0 bridgehead atoms. The fraction of sp³-hybridized carbons (Fsp3) is 0.280. The number of carbonyl (C=O) groups is 1. The highest BCUT2D eigenvalue weighted by Crippen LogP contribution is 2.42. The predicted octanol–water partition coefficient (Wildman–Crippen LogP) is 3.75. The number of imidazole rings is 1. The van der Waals surface area contributed by atoms with Crippen LogP contribution in [0.2, 0.25) is 0 Å². The molecule has 0 N–H and O–H groups in total. The second kappa shape index (κ2) is 8.42. The van der Waals surface area contributed by atoms with Crippen molar-refractivity contribution < 1.29 is 9.53 Å². The molecule has 1 saturated heterocycles. The third-order valence-corrected chi connectivity index (χ3v) is 6.30. The minimum atomic E-state index is -0.274. The van der Waals surface area contributed by atoms with Crippen molar-refractivity contribution in [1.82, 2.24) is 24.5 Å². The Hall–Kier alpha value is -3.74. The molecule has 1 amide bonds. The van der Waals surface area contributed by atoms with Gasteiger partial charge in [-0.2, -0.15) is 10.2 Å². The smallest absolute Gasteiger partial charge is 0.255 e. The van der Waals surface area contributed by atoms with Gasteiger partial charge in [-0.25, -0.2) is 4.98 Å². The minimum absolute atomic E-state index is 0.00445. The maximum atomic E-state index is 13.0. The molecule has 1 aliphatic heterocycles. The molecule has 5 rings (SSSR count). The molecular formula is C25H25N5O2. The van der Waals surface area contributed by atoms with Crippen LogP contribution in [0.15, 0.2) is 73.3 Å². The second-order valence-electron chi connectivity index (χ2n) is 8.03. The average Bonchev–Trinajstić information content (AvgIpc) is 3.31. The molecule has 4 aromatic rings. The van der Waals surface area contributed by atoms with E-state index in [1.54, 1.807) is 12.3 Å². The summed E-state index contributed by atoms with van der Waals surface area (Å²) in [6, 6.07) is 16.1. The molecule has 0 spiro atoms. The molecular weight excluding hydrogens is 402 g/mol. The Labute approximate surface area is 186 Å². The largest absolute Gasteiger partial charge is 0.490 e. The highest BCUT2D eigenvalue weighted by atomic mass is 16.5. The number of pyridine rings is 1. The zero-order chi connectivity index (χ0) is 22.0. The Bertz CT molecular complexity index is 1220. The lowest BCUT2D eigenvalue weighted by atomic mass is 9.70. The van der Waals surface area contributed by atoms with Gasteiger partial charge >= 0.3 is 0 Å². The van der Waals surface area contributed by atoms with Crippen LogP contribution in [0.5, 0.6) is 5.75 Å². The van der Waals surface area contributed by atoms with Crippen LogP contribution >= 0.6 is 0 Å². The van der Waals surface area contributed by atoms with Crippen LogP contribution in [-0.2, 0) is 5.41 Å². The lowest BCUT2D eigenvalue weighted by Gasteiger charge is -2.41. The number of aromatic nitrogens is 4. The van der Waals surface area contributed by atoms with Crippen molar-refractivity contribution in [2.45, 2.75) is 25.2 Å². The van der Waals surface area contributed by atoms with E-state index in [0.29, 0.717) is 25.3 Å². The van der Waals surface area contributed by atoms with Gasteiger partial charge in [0.15, 0.2) is 11.4 Å². The molecule has 0 unspecified atom stereocenters. The van der Waals surface area contributed by atoms with E-state index in [1.807, 2.05) is 40.6 Å². The first kappa shape index (κ1) is 20.2. The van der Waals surface area contributed by atoms with Crippen molar-refractivity contribution in [3.63, 3.8) is 0 Å². The van der Waals surface area contributed by atoms with Crippen molar-refractivity contribution in [3.8, 4) is 5.75 Å². The standard InChI is InChI=1S/C25H25N5O2/c1-2-32-21-9-6-14-30-18-22(28-23(21)30)25(20-7-4-3-5-8-20)11-15-29(16-12-25)24(31)19-10-13-26-27-17-19/h3-10,13-14,17-18H,2,11-12,15-16H2,1H3. The molecule has 32 heavy (non-hydrogen) atoms. The Morgan fingerprint density at radius 3 is 2.59 bits per heavy atom. The summed E-state index contributed by atoms with van der Waals surface area (Å²) in [5.41, 5.74) is 3.35. The highest BCUT2D eigenvalue weighted by molar-refractivity contribution is 5.93. The number of nitrogens with zero attached hydrogens (tertiary/aromatic N) is 5. The Morgan fingerprint density at radius 1 is 1.06 bits per heavy atom. The number of likely N-dealkylation sites (tertiary alicyclic amines) is 1. The topological polar surface area (TPSA) is 72.6 Å². The van der Waals surface area contributed by atoms with E-state index in [4.69, 9.17) is 9.72 Å². The zero-order valence-electron chi connectivity index (χ0n) is 18.0. The maximum Gasteiger partial charge on any atom is 0.255 e. The summed E-state index contributed by atoms with van der Waals surface area (Å²) in [6.45, 7) is 3.85. The first-order valence-electron chi connectivity index (χ1n) is 10.9. The summed E-state index contributed by atoms with van der Waals surface area (Å²) in [7, 11) is 0. The molecule has 0 radical (unpaired) electrons. The summed E-state index contributed by atoms with van der Waals surface area (Å²) in [5, 5.41) is 7.62. The van der Waals surface area contributed by atoms with E-state index in [2.05, 4.69) is 40.7 Å². The molecule has 0 aliphatic carbocycles. The lowest BCUT2D eigenvalue weighted by Crippen LogP contribution is -2.46. The van der Waals surface area contributed by atoms with Crippen LogP contribution in [0.3, 0.4) is 0 Å². The molecule has 3 aromatic heterocycles. The van der Waals surface area contributed by atoms with Crippen molar-refractivity contribution in [2.24, 2.45) is 0 Å². The molecule has 7 heteroatoms. The molecule has 0 saturated carbocycles. The van der Waals surface area contributed by atoms with Gasteiger partial charge in [-0.05, 0) is 43.5 Å². The van der Waals surface area contributed by atoms with Crippen LogP contribution in [0.4, 0.5) is 0 Å². The van der Waals surface area contributed by atoms with Crippen molar-refractivity contribution in [2.75, 3.05) is 19.7 Å². The van der Waals surface area contributed by atoms with E-state index in [9.17, 15) is 4.79 Å². The maximum absolute atomic E-state index is 13.0. The van der Waals surface area contributed by atoms with Crippen molar-refractivity contribution >= 4 is 11.6 Å². The summed E-state index contributed by atoms with van der Waals surface area (Å²) >= 11 is 0. The second-order valence-corrected chi connectivity index (χ2v) is 8.03. The van der Waals surface area contributed by atoms with Gasteiger partial charge < -0.3 is 14.0 Å². The Morgan fingerprint density at radius 2 is 1.88 bits per heavy atom. The van der Waals surface area contributed by atoms with Gasteiger partial charge in [-0.1, -0.05) is 30.3 Å². The molecule has 4 heterocycles. The summed E-state index contributed by atoms with van der Waals surface area (Å²) < 4.78 is 7.84. The normalized spacial score (nSPS) is 15.6.